The van der Waals surface area contributed by atoms with Crippen molar-refractivity contribution in [2.45, 2.75) is 43.3 Å². The van der Waals surface area contributed by atoms with Crippen molar-refractivity contribution < 1.29 is 37.3 Å². The van der Waals surface area contributed by atoms with E-state index in [1.165, 1.54) is 18.2 Å². The van der Waals surface area contributed by atoms with Gasteiger partial charge in [-0.3, -0.25) is 9.59 Å². The van der Waals surface area contributed by atoms with E-state index >= 15 is 0 Å². The van der Waals surface area contributed by atoms with Gasteiger partial charge in [-0.15, -0.1) is 11.8 Å². The topological polar surface area (TPSA) is 101 Å². The van der Waals surface area contributed by atoms with E-state index in [0.29, 0.717) is 34.1 Å². The SMILES string of the molecule is CSc1ccc(NC(=O)CC(=O)OC(Cc2c(Cl)c[n+]([O-])cc2Cl)c2ccc(OC(F)F)c(OCC3CC3)c2)cc1. The van der Waals surface area contributed by atoms with Crippen LogP contribution in [0.15, 0.2) is 59.8 Å². The molecule has 0 spiro atoms. The van der Waals surface area contributed by atoms with Gasteiger partial charge in [0.1, 0.15) is 22.6 Å². The van der Waals surface area contributed by atoms with Crippen molar-refractivity contribution in [3.8, 4) is 11.5 Å². The molecule has 1 saturated carbocycles. The van der Waals surface area contributed by atoms with Gasteiger partial charge in [-0.2, -0.15) is 13.5 Å². The van der Waals surface area contributed by atoms with E-state index in [2.05, 4.69) is 10.1 Å². The minimum Gasteiger partial charge on any atom is -0.619 e. The zero-order valence-corrected chi connectivity index (χ0v) is 24.1. The predicted molar refractivity (Wildman–Crippen MR) is 151 cm³/mol. The number of aromatic nitrogens is 1. The van der Waals surface area contributed by atoms with Gasteiger partial charge in [0.15, 0.2) is 23.9 Å². The van der Waals surface area contributed by atoms with E-state index in [9.17, 15) is 23.6 Å². The second-order valence-electron chi connectivity index (χ2n) is 9.27. The monoisotopic (exact) mass is 626 g/mol. The summed E-state index contributed by atoms with van der Waals surface area (Å²) >= 11 is 14.1. The van der Waals surface area contributed by atoms with E-state index in [4.69, 9.17) is 32.7 Å². The van der Waals surface area contributed by atoms with Crippen molar-refractivity contribution >= 4 is 52.5 Å². The van der Waals surface area contributed by atoms with Crippen LogP contribution in [0.2, 0.25) is 10.0 Å². The molecular weight excluding hydrogens is 601 g/mol. The number of hydrogen-bond donors (Lipinski definition) is 1. The number of hydrogen-bond acceptors (Lipinski definition) is 7. The highest BCUT2D eigenvalue weighted by Crippen LogP contribution is 2.38. The van der Waals surface area contributed by atoms with Crippen LogP contribution >= 0.6 is 35.0 Å². The Morgan fingerprint density at radius 1 is 1.10 bits per heavy atom. The summed E-state index contributed by atoms with van der Waals surface area (Å²) in [6, 6.07) is 11.2. The van der Waals surface area contributed by atoms with Crippen molar-refractivity contribution in [3.05, 3.63) is 81.2 Å². The number of nitrogens with one attached hydrogen (secondary N) is 1. The number of amides is 1. The number of nitrogens with zero attached hydrogens (tertiary/aromatic N) is 1. The van der Waals surface area contributed by atoms with Gasteiger partial charge in [0.25, 0.3) is 0 Å². The van der Waals surface area contributed by atoms with Crippen LogP contribution < -0.4 is 19.5 Å². The molecule has 2 aromatic carbocycles. The van der Waals surface area contributed by atoms with Crippen molar-refractivity contribution in [1.82, 2.24) is 0 Å². The van der Waals surface area contributed by atoms with Crippen molar-refractivity contribution in [1.29, 1.82) is 0 Å². The molecule has 1 N–H and O–H groups in total. The van der Waals surface area contributed by atoms with E-state index in [1.807, 2.05) is 18.4 Å². The van der Waals surface area contributed by atoms with Gasteiger partial charge in [0.2, 0.25) is 5.91 Å². The second kappa shape index (κ2) is 14.1. The summed E-state index contributed by atoms with van der Waals surface area (Å²) in [6.45, 7) is -2.76. The maximum Gasteiger partial charge on any atom is 0.387 e. The highest BCUT2D eigenvalue weighted by Gasteiger charge is 2.27. The average Bonchev–Trinajstić information content (AvgIpc) is 3.74. The fourth-order valence-corrected chi connectivity index (χ4v) is 4.88. The van der Waals surface area contributed by atoms with E-state index in [0.717, 1.165) is 30.1 Å². The van der Waals surface area contributed by atoms with Gasteiger partial charge in [-0.05, 0) is 67.0 Å². The molecule has 1 unspecified atom stereocenters. The third-order valence-corrected chi connectivity index (χ3v) is 7.52. The number of thioether (sulfide) groups is 1. The van der Waals surface area contributed by atoms with Gasteiger partial charge in [0.05, 0.1) is 6.61 Å². The molecule has 0 aliphatic heterocycles. The lowest BCUT2D eigenvalue weighted by Gasteiger charge is -2.21. The first-order chi connectivity index (χ1) is 19.6. The Balaban J connectivity index is 1.56. The molecule has 1 heterocycles. The normalized spacial score (nSPS) is 13.5. The van der Waals surface area contributed by atoms with Gasteiger partial charge < -0.3 is 24.7 Å². The molecule has 3 aromatic rings. The number of alkyl halides is 2. The number of ether oxygens (including phenoxy) is 3. The Hall–Kier alpha value is -3.28. The maximum atomic E-state index is 13.0. The predicted octanol–water partition coefficient (Wildman–Crippen LogP) is 6.59. The van der Waals surface area contributed by atoms with Gasteiger partial charge >= 0.3 is 12.6 Å². The zero-order chi connectivity index (χ0) is 29.5. The standard InChI is InChI=1S/C28H26Cl2F2N2O6S/c1-41-19-7-5-18(6-8-19)33-26(35)12-27(36)39-24(11-20-21(29)13-34(37)14-22(20)30)17-4-9-23(40-28(31)32)25(10-17)38-15-16-2-3-16/h4-10,13-14,16,24,28H,2-3,11-12,15H2,1H3,(H,33,35). The minimum atomic E-state index is -3.08. The third kappa shape index (κ3) is 9.11. The quantitative estimate of drug-likeness (QED) is 0.0750. The average molecular weight is 627 g/mol. The van der Waals surface area contributed by atoms with Crippen LogP contribution in [0.1, 0.15) is 36.5 Å². The van der Waals surface area contributed by atoms with E-state index in [-0.39, 0.29) is 28.0 Å². The number of benzene rings is 2. The molecule has 13 heteroatoms. The molecule has 4 rings (SSSR count). The number of rotatable bonds is 13. The molecule has 1 aromatic heterocycles. The molecule has 218 valence electrons. The van der Waals surface area contributed by atoms with Crippen molar-refractivity contribution in [2.24, 2.45) is 5.92 Å². The Kier molecular flexibility index (Phi) is 10.5. The highest BCUT2D eigenvalue weighted by atomic mass is 35.5. The van der Waals surface area contributed by atoms with Crippen LogP contribution in [0.5, 0.6) is 11.5 Å². The molecule has 1 amide bonds. The fourth-order valence-electron chi connectivity index (χ4n) is 3.87. The molecule has 0 saturated heterocycles. The first kappa shape index (κ1) is 30.7. The Bertz CT molecular complexity index is 1370. The zero-order valence-electron chi connectivity index (χ0n) is 21.8. The molecule has 41 heavy (non-hydrogen) atoms. The molecule has 1 atom stereocenters. The molecule has 1 aliphatic rings. The largest absolute Gasteiger partial charge is 0.619 e. The summed E-state index contributed by atoms with van der Waals surface area (Å²) in [5.74, 6) is -1.26. The summed E-state index contributed by atoms with van der Waals surface area (Å²) in [6.07, 6.45) is 4.31. The molecule has 0 bridgehead atoms. The fraction of sp³-hybridized carbons (Fsp3) is 0.321. The third-order valence-electron chi connectivity index (χ3n) is 6.13. The summed E-state index contributed by atoms with van der Waals surface area (Å²) in [5, 5.41) is 14.4. The van der Waals surface area contributed by atoms with Gasteiger partial charge in [0, 0.05) is 22.6 Å². The van der Waals surface area contributed by atoms with Crippen LogP contribution in [-0.4, -0.2) is 31.4 Å². The molecule has 0 radical (unpaired) electrons. The van der Waals surface area contributed by atoms with Crippen LogP contribution in [0.25, 0.3) is 0 Å². The van der Waals surface area contributed by atoms with Crippen LogP contribution in [0.3, 0.4) is 0 Å². The summed E-state index contributed by atoms with van der Waals surface area (Å²) in [5.41, 5.74) is 1.17. The number of pyridine rings is 1. The molecule has 8 nitrogen and oxygen atoms in total. The van der Waals surface area contributed by atoms with E-state index < -0.39 is 31.0 Å². The lowest BCUT2D eigenvalue weighted by atomic mass is 10.0. The smallest absolute Gasteiger partial charge is 0.387 e. The van der Waals surface area contributed by atoms with Crippen LogP contribution in [0.4, 0.5) is 14.5 Å². The Morgan fingerprint density at radius 2 is 1.78 bits per heavy atom. The molecule has 1 aliphatic carbocycles. The summed E-state index contributed by atoms with van der Waals surface area (Å²) in [7, 11) is 0. The van der Waals surface area contributed by atoms with Crippen LogP contribution in [0, 0.1) is 11.1 Å². The van der Waals surface area contributed by atoms with E-state index in [1.54, 1.807) is 23.9 Å². The first-order valence-corrected chi connectivity index (χ1v) is 14.5. The van der Waals surface area contributed by atoms with Crippen molar-refractivity contribution in [3.63, 3.8) is 0 Å². The number of anilines is 1. The minimum absolute atomic E-state index is 0.0304. The number of esters is 1. The van der Waals surface area contributed by atoms with Gasteiger partial charge in [-0.1, -0.05) is 29.3 Å². The summed E-state index contributed by atoms with van der Waals surface area (Å²) in [4.78, 5) is 26.5. The van der Waals surface area contributed by atoms with Crippen LogP contribution in [-0.2, 0) is 20.7 Å². The second-order valence-corrected chi connectivity index (χ2v) is 11.0. The number of carbonyl (C=O) groups excluding carboxylic acids is 2. The number of halogens is 4. The highest BCUT2D eigenvalue weighted by molar-refractivity contribution is 7.98. The van der Waals surface area contributed by atoms with Crippen molar-refractivity contribution in [2.75, 3.05) is 18.2 Å². The molecule has 1 fully saturated rings. The molecular formula is C28H26Cl2F2N2O6S. The lowest BCUT2D eigenvalue weighted by molar-refractivity contribution is -0.605. The number of carbonyl (C=O) groups is 2. The first-order valence-electron chi connectivity index (χ1n) is 12.5. The summed E-state index contributed by atoms with van der Waals surface area (Å²) < 4.78 is 42.5. The maximum absolute atomic E-state index is 13.0. The Morgan fingerprint density at radius 3 is 2.39 bits per heavy atom. The Labute approximate surface area is 249 Å². The lowest BCUT2D eigenvalue weighted by Crippen LogP contribution is -2.26. The van der Waals surface area contributed by atoms with Gasteiger partial charge in [-0.25, -0.2) is 0 Å².